The Balaban J connectivity index is 2.35. The third kappa shape index (κ3) is 3.40. The molecule has 0 amide bonds. The fraction of sp³-hybridized carbons (Fsp3) is 0.750. The van der Waals surface area contributed by atoms with Crippen LogP contribution in [0.4, 0.5) is 0 Å². The zero-order valence-corrected chi connectivity index (χ0v) is 14.1. The normalized spacial score (nSPS) is 23.4. The second kappa shape index (κ2) is 5.85. The molecule has 1 aliphatic heterocycles. The number of hydrogen-bond donors (Lipinski definition) is 0. The lowest BCUT2D eigenvalue weighted by Crippen LogP contribution is -2.55. The molecule has 1 atom stereocenters. The number of aryl methyl sites for hydroxylation is 1. The second-order valence-corrected chi connectivity index (χ2v) is 7.93. The van der Waals surface area contributed by atoms with Crippen LogP contribution in [0, 0.1) is 0 Å². The van der Waals surface area contributed by atoms with Gasteiger partial charge in [0.2, 0.25) is 0 Å². The summed E-state index contributed by atoms with van der Waals surface area (Å²) in [7, 11) is -0.626. The number of hydrogen-bond acceptors (Lipinski definition) is 5. The first-order chi connectivity index (χ1) is 9.67. The van der Waals surface area contributed by atoms with Crippen LogP contribution in [0.1, 0.15) is 13.8 Å². The van der Waals surface area contributed by atoms with Gasteiger partial charge < -0.3 is 9.47 Å². The highest BCUT2D eigenvalue weighted by atomic mass is 35.5. The molecule has 0 unspecified atom stereocenters. The van der Waals surface area contributed by atoms with E-state index in [2.05, 4.69) is 5.10 Å². The predicted octanol–water partition coefficient (Wildman–Crippen LogP) is 0.888. The zero-order valence-electron chi connectivity index (χ0n) is 12.5. The summed E-state index contributed by atoms with van der Waals surface area (Å²) in [4.78, 5) is 0. The monoisotopic (exact) mass is 337 g/mol. The van der Waals surface area contributed by atoms with Gasteiger partial charge in [-0.15, -0.1) is 0 Å². The zero-order chi connectivity index (χ0) is 15.8. The van der Waals surface area contributed by atoms with E-state index in [1.807, 2.05) is 13.8 Å². The van der Waals surface area contributed by atoms with Gasteiger partial charge in [0, 0.05) is 27.2 Å². The molecule has 0 N–H and O–H groups in total. The number of morpholine rings is 1. The average molecular weight is 338 g/mol. The van der Waals surface area contributed by atoms with Crippen LogP contribution in [0.2, 0.25) is 5.02 Å². The van der Waals surface area contributed by atoms with E-state index in [1.165, 1.54) is 15.2 Å². The summed E-state index contributed by atoms with van der Waals surface area (Å²) in [5.74, 6) is 0. The minimum atomic E-state index is -3.74. The van der Waals surface area contributed by atoms with Crippen molar-refractivity contribution in [1.29, 1.82) is 0 Å². The van der Waals surface area contributed by atoms with Gasteiger partial charge in [-0.2, -0.15) is 9.40 Å². The van der Waals surface area contributed by atoms with Gasteiger partial charge >= 0.3 is 0 Å². The first-order valence-electron chi connectivity index (χ1n) is 6.52. The molecule has 120 valence electrons. The number of halogens is 1. The van der Waals surface area contributed by atoms with Crippen LogP contribution in [-0.2, 0) is 26.5 Å². The highest BCUT2D eigenvalue weighted by molar-refractivity contribution is 7.89. The van der Waals surface area contributed by atoms with Crippen molar-refractivity contribution in [2.24, 2.45) is 7.05 Å². The molecular weight excluding hydrogens is 318 g/mol. The maximum Gasteiger partial charge on any atom is 0.261 e. The van der Waals surface area contributed by atoms with Crippen LogP contribution < -0.4 is 0 Å². The first kappa shape index (κ1) is 16.7. The van der Waals surface area contributed by atoms with Crippen LogP contribution in [0.25, 0.3) is 0 Å². The first-order valence-corrected chi connectivity index (χ1v) is 8.33. The van der Waals surface area contributed by atoms with Crippen LogP contribution in [0.5, 0.6) is 0 Å². The topological polar surface area (TPSA) is 73.7 Å². The number of aromatic nitrogens is 2. The lowest BCUT2D eigenvalue weighted by molar-refractivity contribution is -0.135. The molecule has 0 radical (unpaired) electrons. The molecule has 2 rings (SSSR count). The molecule has 1 aromatic rings. The fourth-order valence-corrected chi connectivity index (χ4v) is 4.74. The largest absolute Gasteiger partial charge is 0.382 e. The van der Waals surface area contributed by atoms with Gasteiger partial charge in [-0.1, -0.05) is 11.6 Å². The Hall–Kier alpha value is -0.670. The van der Waals surface area contributed by atoms with Gasteiger partial charge in [0.15, 0.2) is 5.03 Å². The van der Waals surface area contributed by atoms with Crippen LogP contribution in [-0.4, -0.2) is 61.0 Å². The summed E-state index contributed by atoms with van der Waals surface area (Å²) in [6.45, 7) is 4.50. The second-order valence-electron chi connectivity index (χ2n) is 5.67. The van der Waals surface area contributed by atoms with Crippen molar-refractivity contribution in [3.05, 3.63) is 11.2 Å². The average Bonchev–Trinajstić information content (AvgIpc) is 2.68. The van der Waals surface area contributed by atoms with E-state index in [0.29, 0.717) is 6.61 Å². The van der Waals surface area contributed by atoms with Crippen molar-refractivity contribution in [2.45, 2.75) is 30.6 Å². The van der Waals surface area contributed by atoms with E-state index in [0.717, 1.165) is 0 Å². The highest BCUT2D eigenvalue weighted by Gasteiger charge is 2.41. The van der Waals surface area contributed by atoms with Crippen LogP contribution in [0.3, 0.4) is 0 Å². The van der Waals surface area contributed by atoms with E-state index in [4.69, 9.17) is 21.1 Å². The Kier molecular flexibility index (Phi) is 4.65. The molecule has 1 aliphatic rings. The number of methoxy groups -OCH3 is 1. The number of sulfonamides is 1. The standard InChI is InChI=1S/C12H20ClN3O4S/c1-12(2)8-16(6-9(20-12)7-19-4)21(17,18)11-10(13)5-14-15(11)3/h5,9H,6-8H2,1-4H3/t9-/m1/s1. The predicted molar refractivity (Wildman–Crippen MR) is 77.8 cm³/mol. The molecule has 0 bridgehead atoms. The van der Waals surface area contributed by atoms with Crippen LogP contribution >= 0.6 is 11.6 Å². The lowest BCUT2D eigenvalue weighted by Gasteiger charge is -2.41. The SMILES string of the molecule is COC[C@H]1CN(S(=O)(=O)c2c(Cl)cnn2C)CC(C)(C)O1. The Morgan fingerprint density at radius 3 is 2.76 bits per heavy atom. The molecule has 0 aliphatic carbocycles. The number of rotatable bonds is 4. The van der Waals surface area contributed by atoms with Crippen LogP contribution in [0.15, 0.2) is 11.2 Å². The van der Waals surface area contributed by atoms with E-state index < -0.39 is 15.6 Å². The van der Waals surface area contributed by atoms with Gasteiger partial charge in [0.1, 0.15) is 0 Å². The van der Waals surface area contributed by atoms with Crippen molar-refractivity contribution in [1.82, 2.24) is 14.1 Å². The van der Waals surface area contributed by atoms with Crippen molar-refractivity contribution in [3.8, 4) is 0 Å². The summed E-state index contributed by atoms with van der Waals surface area (Å²) in [6, 6.07) is 0. The third-order valence-electron chi connectivity index (χ3n) is 3.23. The van der Waals surface area contributed by atoms with E-state index in [1.54, 1.807) is 14.2 Å². The third-order valence-corrected chi connectivity index (χ3v) is 5.55. The summed E-state index contributed by atoms with van der Waals surface area (Å²) < 4.78 is 39.2. The summed E-state index contributed by atoms with van der Waals surface area (Å²) in [6.07, 6.45) is 1.01. The Bertz CT molecular complexity index is 595. The molecule has 0 spiro atoms. The molecule has 0 aromatic carbocycles. The van der Waals surface area contributed by atoms with Crippen molar-refractivity contribution in [3.63, 3.8) is 0 Å². The summed E-state index contributed by atoms with van der Waals surface area (Å²) >= 11 is 5.97. The Morgan fingerprint density at radius 2 is 2.24 bits per heavy atom. The summed E-state index contributed by atoms with van der Waals surface area (Å²) in [5, 5.41) is 4.01. The fourth-order valence-electron chi connectivity index (χ4n) is 2.51. The molecule has 7 nitrogen and oxygen atoms in total. The Morgan fingerprint density at radius 1 is 1.57 bits per heavy atom. The van der Waals surface area contributed by atoms with Gasteiger partial charge in [-0.25, -0.2) is 8.42 Å². The van der Waals surface area contributed by atoms with Crippen molar-refractivity contribution >= 4 is 21.6 Å². The van der Waals surface area contributed by atoms with Gasteiger partial charge in [0.25, 0.3) is 10.0 Å². The molecular formula is C12H20ClN3O4S. The van der Waals surface area contributed by atoms with E-state index >= 15 is 0 Å². The maximum atomic E-state index is 12.8. The molecule has 1 saturated heterocycles. The smallest absolute Gasteiger partial charge is 0.261 e. The van der Waals surface area contributed by atoms with Gasteiger partial charge in [-0.3, -0.25) is 4.68 Å². The lowest BCUT2D eigenvalue weighted by atomic mass is 10.1. The Labute approximate surface area is 129 Å². The number of nitrogens with zero attached hydrogens (tertiary/aromatic N) is 3. The molecule has 1 fully saturated rings. The van der Waals surface area contributed by atoms with Crippen molar-refractivity contribution < 1.29 is 17.9 Å². The molecule has 9 heteroatoms. The quantitative estimate of drug-likeness (QED) is 0.815. The van der Waals surface area contributed by atoms with Crippen molar-refractivity contribution in [2.75, 3.05) is 26.8 Å². The maximum absolute atomic E-state index is 12.8. The van der Waals surface area contributed by atoms with E-state index in [-0.39, 0.29) is 29.2 Å². The molecule has 0 saturated carbocycles. The van der Waals surface area contributed by atoms with Gasteiger partial charge in [-0.05, 0) is 13.8 Å². The highest BCUT2D eigenvalue weighted by Crippen LogP contribution is 2.29. The molecule has 1 aromatic heterocycles. The summed E-state index contributed by atoms with van der Waals surface area (Å²) in [5.41, 5.74) is -0.598. The minimum absolute atomic E-state index is 0.00182. The minimum Gasteiger partial charge on any atom is -0.382 e. The molecule has 2 heterocycles. The molecule has 21 heavy (non-hydrogen) atoms. The van der Waals surface area contributed by atoms with Gasteiger partial charge in [0.05, 0.1) is 29.5 Å². The number of ether oxygens (including phenoxy) is 2. The van der Waals surface area contributed by atoms with E-state index in [9.17, 15) is 8.42 Å².